The normalized spacial score (nSPS) is 24.1. The molecule has 1 aliphatic rings. The minimum Gasteiger partial charge on any atom is -0.275 e. The molecule has 0 N–H and O–H groups in total. The van der Waals surface area contributed by atoms with E-state index in [0.717, 1.165) is 5.56 Å². The molecule has 1 fully saturated rings. The summed E-state index contributed by atoms with van der Waals surface area (Å²) in [5.41, 5.74) is 0.892. The molecule has 0 bridgehead atoms. The van der Waals surface area contributed by atoms with Crippen LogP contribution in [0.3, 0.4) is 0 Å². The Morgan fingerprint density at radius 2 is 1.79 bits per heavy atom. The smallest absolute Gasteiger partial charge is 0.250 e. The van der Waals surface area contributed by atoms with Gasteiger partial charge in [-0.25, -0.2) is 5.06 Å². The highest BCUT2D eigenvalue weighted by Crippen LogP contribution is 2.65. The van der Waals surface area contributed by atoms with Gasteiger partial charge < -0.3 is 0 Å². The quantitative estimate of drug-likeness (QED) is 0.796. The number of halogens is 2. The van der Waals surface area contributed by atoms with Gasteiger partial charge in [-0.1, -0.05) is 37.0 Å². The Bertz CT molecular complexity index is 496. The average molecular weight is 302 g/mol. The molecule has 2 unspecified atom stereocenters. The highest BCUT2D eigenvalue weighted by atomic mass is 35.5. The van der Waals surface area contributed by atoms with E-state index in [1.807, 2.05) is 12.1 Å². The molecule has 5 heteroatoms. The lowest BCUT2D eigenvalue weighted by Crippen LogP contribution is -2.28. The van der Waals surface area contributed by atoms with Crippen molar-refractivity contribution in [3.63, 3.8) is 0 Å². The molecule has 0 saturated heterocycles. The highest BCUT2D eigenvalue weighted by molar-refractivity contribution is 6.34. The van der Waals surface area contributed by atoms with E-state index in [1.54, 1.807) is 13.1 Å². The van der Waals surface area contributed by atoms with Gasteiger partial charge >= 0.3 is 0 Å². The third kappa shape index (κ3) is 2.60. The number of carbonyl (C=O) groups is 1. The predicted octanol–water partition coefficient (Wildman–Crippen LogP) is 3.75. The molecule has 1 aromatic rings. The van der Waals surface area contributed by atoms with Crippen molar-refractivity contribution in [2.24, 2.45) is 11.3 Å². The molecule has 19 heavy (non-hydrogen) atoms. The summed E-state index contributed by atoms with van der Waals surface area (Å²) in [5, 5.41) is 2.46. The van der Waals surface area contributed by atoms with E-state index < -0.39 is 0 Å². The molecule has 0 heterocycles. The van der Waals surface area contributed by atoms with E-state index in [1.165, 1.54) is 12.2 Å². The molecule has 1 aliphatic carbocycles. The van der Waals surface area contributed by atoms with Crippen LogP contribution < -0.4 is 0 Å². The number of hydroxylamine groups is 2. The Kier molecular flexibility index (Phi) is 3.83. The summed E-state index contributed by atoms with van der Waals surface area (Å²) < 4.78 is 0. The van der Waals surface area contributed by atoms with Gasteiger partial charge in [0, 0.05) is 23.0 Å². The number of benzene rings is 1. The van der Waals surface area contributed by atoms with Crippen LogP contribution >= 0.6 is 23.2 Å². The zero-order valence-electron chi connectivity index (χ0n) is 11.4. The summed E-state index contributed by atoms with van der Waals surface area (Å²) in [5.74, 6) is -0.00520. The van der Waals surface area contributed by atoms with Gasteiger partial charge in [0.05, 0.1) is 13.0 Å². The lowest BCUT2D eigenvalue weighted by molar-refractivity contribution is -0.171. The lowest BCUT2D eigenvalue weighted by Gasteiger charge is -2.14. The van der Waals surface area contributed by atoms with Gasteiger partial charge in [-0.2, -0.15) is 0 Å². The second-order valence-electron chi connectivity index (χ2n) is 5.50. The first-order valence-electron chi connectivity index (χ1n) is 6.06. The number of carbonyl (C=O) groups excluding carboxylic acids is 1. The summed E-state index contributed by atoms with van der Waals surface area (Å²) in [7, 11) is 3.11. The zero-order chi connectivity index (χ0) is 14.4. The van der Waals surface area contributed by atoms with Crippen molar-refractivity contribution in [3.8, 4) is 0 Å². The molecule has 0 spiro atoms. The summed E-state index contributed by atoms with van der Waals surface area (Å²) in [6.45, 7) is 4.14. The average Bonchev–Trinajstić information content (AvgIpc) is 2.89. The highest BCUT2D eigenvalue weighted by Gasteiger charge is 2.63. The first kappa shape index (κ1) is 14.6. The van der Waals surface area contributed by atoms with Crippen molar-refractivity contribution in [2.45, 2.75) is 19.8 Å². The minimum absolute atomic E-state index is 0.0198. The van der Waals surface area contributed by atoms with E-state index in [9.17, 15) is 4.79 Å². The topological polar surface area (TPSA) is 29.5 Å². The van der Waals surface area contributed by atoms with E-state index in [2.05, 4.69) is 13.8 Å². The zero-order valence-corrected chi connectivity index (χ0v) is 12.9. The third-order valence-corrected chi connectivity index (χ3v) is 4.36. The molecule has 0 aromatic heterocycles. The number of amides is 1. The summed E-state index contributed by atoms with van der Waals surface area (Å²) in [6, 6.07) is 5.44. The number of hydrogen-bond acceptors (Lipinski definition) is 2. The second kappa shape index (κ2) is 4.97. The fourth-order valence-corrected chi connectivity index (χ4v) is 3.30. The second-order valence-corrected chi connectivity index (χ2v) is 6.37. The summed E-state index contributed by atoms with van der Waals surface area (Å²) >= 11 is 12.1. The van der Waals surface area contributed by atoms with Gasteiger partial charge in [0.25, 0.3) is 0 Å². The van der Waals surface area contributed by atoms with Crippen LogP contribution in [0.5, 0.6) is 0 Å². The van der Waals surface area contributed by atoms with Crippen LogP contribution in [0.2, 0.25) is 10.0 Å². The maximum Gasteiger partial charge on any atom is 0.250 e. The van der Waals surface area contributed by atoms with Crippen LogP contribution in [0.4, 0.5) is 0 Å². The first-order chi connectivity index (χ1) is 8.78. The van der Waals surface area contributed by atoms with Crippen LogP contribution in [-0.4, -0.2) is 25.1 Å². The molecule has 1 amide bonds. The van der Waals surface area contributed by atoms with Gasteiger partial charge in [-0.3, -0.25) is 9.63 Å². The molecule has 2 rings (SSSR count). The molecule has 1 saturated carbocycles. The maximum atomic E-state index is 12.2. The van der Waals surface area contributed by atoms with Gasteiger partial charge in [-0.05, 0) is 29.2 Å². The van der Waals surface area contributed by atoms with Crippen molar-refractivity contribution in [1.29, 1.82) is 0 Å². The molecular weight excluding hydrogens is 285 g/mol. The monoisotopic (exact) mass is 301 g/mol. The fourth-order valence-electron chi connectivity index (χ4n) is 2.76. The van der Waals surface area contributed by atoms with Crippen molar-refractivity contribution < 1.29 is 9.63 Å². The molecule has 0 radical (unpaired) electrons. The van der Waals surface area contributed by atoms with Gasteiger partial charge in [-0.15, -0.1) is 0 Å². The lowest BCUT2D eigenvalue weighted by atomic mass is 10.0. The van der Waals surface area contributed by atoms with E-state index >= 15 is 0 Å². The van der Waals surface area contributed by atoms with Crippen LogP contribution in [0.15, 0.2) is 18.2 Å². The van der Waals surface area contributed by atoms with E-state index in [-0.39, 0.29) is 23.2 Å². The van der Waals surface area contributed by atoms with Crippen LogP contribution in [0, 0.1) is 11.3 Å². The van der Waals surface area contributed by atoms with Crippen LogP contribution in [0.25, 0.3) is 0 Å². The van der Waals surface area contributed by atoms with Crippen molar-refractivity contribution >= 4 is 29.1 Å². The Balaban J connectivity index is 2.29. The summed E-state index contributed by atoms with van der Waals surface area (Å²) in [4.78, 5) is 17.2. The SMILES string of the molecule is CON(C)C(=O)C1C(c2cc(Cl)cc(Cl)c2)C1(C)C. The Labute approximate surface area is 123 Å². The number of hydrogen-bond donors (Lipinski definition) is 0. The van der Waals surface area contributed by atoms with Crippen LogP contribution in [0.1, 0.15) is 25.3 Å². The van der Waals surface area contributed by atoms with Crippen molar-refractivity contribution in [2.75, 3.05) is 14.2 Å². The molecule has 1 aromatic carbocycles. The van der Waals surface area contributed by atoms with Gasteiger partial charge in [0.15, 0.2) is 0 Å². The van der Waals surface area contributed by atoms with Crippen LogP contribution in [-0.2, 0) is 9.63 Å². The molecular formula is C14H17Cl2NO2. The fraction of sp³-hybridized carbons (Fsp3) is 0.500. The van der Waals surface area contributed by atoms with Gasteiger partial charge in [0.1, 0.15) is 0 Å². The summed E-state index contributed by atoms with van der Waals surface area (Å²) in [6.07, 6.45) is 0. The van der Waals surface area contributed by atoms with E-state index in [4.69, 9.17) is 28.0 Å². The standard InChI is InChI=1S/C14H17Cl2NO2/c1-14(2)11(12(14)13(18)17(3)19-4)8-5-9(15)7-10(16)6-8/h5-7,11-12H,1-4H3. The van der Waals surface area contributed by atoms with E-state index in [0.29, 0.717) is 10.0 Å². The maximum absolute atomic E-state index is 12.2. The Morgan fingerprint density at radius 1 is 1.26 bits per heavy atom. The molecule has 3 nitrogen and oxygen atoms in total. The minimum atomic E-state index is -0.113. The first-order valence-corrected chi connectivity index (χ1v) is 6.82. The third-order valence-electron chi connectivity index (χ3n) is 3.92. The molecule has 0 aliphatic heterocycles. The largest absolute Gasteiger partial charge is 0.275 e. The number of rotatable bonds is 3. The van der Waals surface area contributed by atoms with Gasteiger partial charge in [0.2, 0.25) is 5.91 Å². The molecule has 104 valence electrons. The van der Waals surface area contributed by atoms with Crippen molar-refractivity contribution in [3.05, 3.63) is 33.8 Å². The van der Waals surface area contributed by atoms with Crippen molar-refractivity contribution in [1.82, 2.24) is 5.06 Å². The molecule has 2 atom stereocenters. The Morgan fingerprint density at radius 3 is 2.26 bits per heavy atom. The predicted molar refractivity (Wildman–Crippen MR) is 76.3 cm³/mol. The Hall–Kier alpha value is -0.770. The number of nitrogens with zero attached hydrogens (tertiary/aromatic N) is 1.